The molecule has 2 atom stereocenters. The van der Waals surface area contributed by atoms with Gasteiger partial charge in [-0.2, -0.15) is 0 Å². The van der Waals surface area contributed by atoms with Gasteiger partial charge in [-0.25, -0.2) is 4.79 Å². The van der Waals surface area contributed by atoms with Crippen LogP contribution in [-0.2, 0) is 14.2 Å². The van der Waals surface area contributed by atoms with Crippen molar-refractivity contribution >= 4 is 6.09 Å². The van der Waals surface area contributed by atoms with Crippen molar-refractivity contribution in [1.82, 2.24) is 5.32 Å². The number of benzene rings is 2. The molecular formula is C22H26N2O4. The van der Waals surface area contributed by atoms with E-state index in [2.05, 4.69) is 29.6 Å². The van der Waals surface area contributed by atoms with Crippen molar-refractivity contribution in [3.8, 4) is 11.1 Å². The molecular weight excluding hydrogens is 356 g/mol. The van der Waals surface area contributed by atoms with Crippen molar-refractivity contribution in [2.24, 2.45) is 5.73 Å². The lowest BCUT2D eigenvalue weighted by Gasteiger charge is -2.18. The first kappa shape index (κ1) is 18.9. The van der Waals surface area contributed by atoms with Gasteiger partial charge in [-0.15, -0.1) is 0 Å². The molecule has 1 fully saturated rings. The summed E-state index contributed by atoms with van der Waals surface area (Å²) >= 11 is 0. The summed E-state index contributed by atoms with van der Waals surface area (Å²) < 4.78 is 17.1. The Morgan fingerprint density at radius 2 is 1.61 bits per heavy atom. The zero-order valence-corrected chi connectivity index (χ0v) is 16.2. The molecule has 3 N–H and O–H groups in total. The summed E-state index contributed by atoms with van der Waals surface area (Å²) in [6.45, 7) is 4.59. The van der Waals surface area contributed by atoms with Crippen LogP contribution in [0.25, 0.3) is 11.1 Å². The lowest BCUT2D eigenvalue weighted by atomic mass is 9.98. The minimum absolute atomic E-state index is 0.0416. The second-order valence-corrected chi connectivity index (χ2v) is 7.65. The van der Waals surface area contributed by atoms with Gasteiger partial charge in [0.1, 0.15) is 18.8 Å². The van der Waals surface area contributed by atoms with Crippen molar-refractivity contribution in [1.29, 1.82) is 0 Å². The molecule has 0 unspecified atom stereocenters. The molecule has 4 rings (SSSR count). The largest absolute Gasteiger partial charge is 0.449 e. The van der Waals surface area contributed by atoms with Crippen molar-refractivity contribution in [2.45, 2.75) is 37.8 Å². The van der Waals surface area contributed by atoms with Gasteiger partial charge in [0.2, 0.25) is 0 Å². The number of hydrogen-bond donors (Lipinski definition) is 2. The summed E-state index contributed by atoms with van der Waals surface area (Å²) in [6, 6.07) is 16.5. The van der Waals surface area contributed by atoms with Crippen molar-refractivity contribution in [2.75, 3.05) is 19.7 Å². The molecule has 1 amide bonds. The van der Waals surface area contributed by atoms with E-state index in [-0.39, 0.29) is 24.7 Å². The summed E-state index contributed by atoms with van der Waals surface area (Å²) in [7, 11) is 0. The molecule has 2 aliphatic rings. The van der Waals surface area contributed by atoms with E-state index in [4.69, 9.17) is 19.9 Å². The monoisotopic (exact) mass is 382 g/mol. The molecule has 28 heavy (non-hydrogen) atoms. The molecule has 6 nitrogen and oxygen atoms in total. The number of carbonyl (C=O) groups excluding carboxylic acids is 1. The highest BCUT2D eigenvalue weighted by molar-refractivity contribution is 5.79. The Bertz CT molecular complexity index is 822. The van der Waals surface area contributed by atoms with E-state index in [1.807, 2.05) is 38.1 Å². The number of carbonyl (C=O) groups is 1. The number of nitrogens with two attached hydrogens (primary N) is 1. The van der Waals surface area contributed by atoms with E-state index in [9.17, 15) is 4.79 Å². The topological polar surface area (TPSA) is 82.8 Å². The third kappa shape index (κ3) is 3.63. The maximum atomic E-state index is 12.3. The van der Waals surface area contributed by atoms with E-state index >= 15 is 0 Å². The standard InChI is InChI=1S/C22H26N2O4/c1-22(2)27-19(11-23)20(28-22)12-24-21(25)26-13-18-16-9-5-3-7-14(16)15-8-4-6-10-17(15)18/h3-10,18-20H,11-13,23H2,1-2H3,(H,24,25)/t19-,20-/m0/s1. The lowest BCUT2D eigenvalue weighted by molar-refractivity contribution is -0.145. The summed E-state index contributed by atoms with van der Waals surface area (Å²) in [5.41, 5.74) is 10.5. The maximum Gasteiger partial charge on any atom is 0.407 e. The third-order valence-corrected chi connectivity index (χ3v) is 5.31. The van der Waals surface area contributed by atoms with Gasteiger partial charge in [-0.05, 0) is 36.1 Å². The van der Waals surface area contributed by atoms with Crippen LogP contribution in [0.5, 0.6) is 0 Å². The first-order chi connectivity index (χ1) is 13.5. The number of amides is 1. The number of fused-ring (bicyclic) bond motifs is 3. The van der Waals surface area contributed by atoms with Crippen molar-refractivity contribution in [3.63, 3.8) is 0 Å². The van der Waals surface area contributed by atoms with E-state index in [0.29, 0.717) is 13.1 Å². The predicted molar refractivity (Wildman–Crippen MR) is 106 cm³/mol. The highest BCUT2D eigenvalue weighted by Crippen LogP contribution is 2.44. The summed E-state index contributed by atoms with van der Waals surface area (Å²) in [4.78, 5) is 12.3. The minimum Gasteiger partial charge on any atom is -0.449 e. The molecule has 0 aromatic heterocycles. The van der Waals surface area contributed by atoms with Gasteiger partial charge >= 0.3 is 6.09 Å². The average molecular weight is 382 g/mol. The normalized spacial score (nSPS) is 22.5. The lowest BCUT2D eigenvalue weighted by Crippen LogP contribution is -2.40. The zero-order valence-electron chi connectivity index (χ0n) is 16.2. The van der Waals surface area contributed by atoms with Gasteiger partial charge in [-0.1, -0.05) is 48.5 Å². The molecule has 2 aromatic rings. The molecule has 6 heteroatoms. The summed E-state index contributed by atoms with van der Waals surface area (Å²) in [5.74, 6) is -0.655. The Kier molecular flexibility index (Phi) is 5.10. The fourth-order valence-electron chi connectivity index (χ4n) is 4.12. The average Bonchev–Trinajstić information content (AvgIpc) is 3.18. The van der Waals surface area contributed by atoms with Gasteiger partial charge in [0.05, 0.1) is 0 Å². The van der Waals surface area contributed by atoms with Crippen LogP contribution in [0.2, 0.25) is 0 Å². The van der Waals surface area contributed by atoms with Crippen molar-refractivity contribution in [3.05, 3.63) is 59.7 Å². The van der Waals surface area contributed by atoms with Crippen LogP contribution in [-0.4, -0.2) is 43.8 Å². The zero-order chi connectivity index (χ0) is 19.7. The molecule has 1 heterocycles. The van der Waals surface area contributed by atoms with E-state index in [0.717, 1.165) is 0 Å². The quantitative estimate of drug-likeness (QED) is 0.831. The summed E-state index contributed by atoms with van der Waals surface area (Å²) in [6.07, 6.45) is -1.00. The Balaban J connectivity index is 1.37. The maximum absolute atomic E-state index is 12.3. The molecule has 0 saturated carbocycles. The second kappa shape index (κ2) is 7.54. The van der Waals surface area contributed by atoms with E-state index < -0.39 is 11.9 Å². The number of nitrogens with one attached hydrogen (secondary N) is 1. The Labute approximate surface area is 165 Å². The third-order valence-electron chi connectivity index (χ3n) is 5.31. The number of ether oxygens (including phenoxy) is 3. The highest BCUT2D eigenvalue weighted by atomic mass is 16.8. The van der Waals surface area contributed by atoms with Gasteiger partial charge in [0, 0.05) is 19.0 Å². The molecule has 1 aliphatic heterocycles. The van der Waals surface area contributed by atoms with E-state index in [1.165, 1.54) is 22.3 Å². The molecule has 0 radical (unpaired) electrons. The SMILES string of the molecule is CC1(C)O[C@@H](CN)[C@H](CNC(=O)OCC2c3ccccc3-c3ccccc32)O1. The number of rotatable bonds is 5. The van der Waals surface area contributed by atoms with Crippen LogP contribution >= 0.6 is 0 Å². The predicted octanol–water partition coefficient (Wildman–Crippen LogP) is 3.00. The van der Waals surface area contributed by atoms with Crippen LogP contribution in [0.1, 0.15) is 30.9 Å². The van der Waals surface area contributed by atoms with Crippen LogP contribution in [0.4, 0.5) is 4.79 Å². The van der Waals surface area contributed by atoms with Crippen molar-refractivity contribution < 1.29 is 19.0 Å². The Morgan fingerprint density at radius 1 is 1.04 bits per heavy atom. The van der Waals surface area contributed by atoms with Crippen LogP contribution in [0, 0.1) is 0 Å². The second-order valence-electron chi connectivity index (χ2n) is 7.65. The fourth-order valence-corrected chi connectivity index (χ4v) is 4.12. The van der Waals surface area contributed by atoms with Crippen LogP contribution in [0.15, 0.2) is 48.5 Å². The van der Waals surface area contributed by atoms with Crippen LogP contribution in [0.3, 0.4) is 0 Å². The van der Waals surface area contributed by atoms with Gasteiger partial charge in [0.25, 0.3) is 0 Å². The molecule has 0 bridgehead atoms. The Hall–Kier alpha value is -2.41. The van der Waals surface area contributed by atoms with Gasteiger partial charge < -0.3 is 25.3 Å². The van der Waals surface area contributed by atoms with Crippen LogP contribution < -0.4 is 11.1 Å². The number of alkyl carbamates (subject to hydrolysis) is 1. The first-order valence-corrected chi connectivity index (χ1v) is 9.63. The minimum atomic E-state index is -0.697. The highest BCUT2D eigenvalue weighted by Gasteiger charge is 2.40. The molecule has 1 saturated heterocycles. The fraction of sp³-hybridized carbons (Fsp3) is 0.409. The molecule has 148 valence electrons. The molecule has 1 aliphatic carbocycles. The number of hydrogen-bond acceptors (Lipinski definition) is 5. The van der Waals surface area contributed by atoms with Gasteiger partial charge in [-0.3, -0.25) is 0 Å². The molecule has 0 spiro atoms. The van der Waals surface area contributed by atoms with E-state index in [1.54, 1.807) is 0 Å². The summed E-state index contributed by atoms with van der Waals surface area (Å²) in [5, 5.41) is 2.78. The van der Waals surface area contributed by atoms with Gasteiger partial charge in [0.15, 0.2) is 5.79 Å². The molecule has 2 aromatic carbocycles. The Morgan fingerprint density at radius 3 is 2.21 bits per heavy atom. The smallest absolute Gasteiger partial charge is 0.407 e. The first-order valence-electron chi connectivity index (χ1n) is 9.63.